The first kappa shape index (κ1) is 30.4. The molecule has 0 N–H and O–H groups in total. The van der Waals surface area contributed by atoms with Crippen molar-refractivity contribution in [1.82, 2.24) is 4.57 Å². The summed E-state index contributed by atoms with van der Waals surface area (Å²) in [6.45, 7) is 0. The third-order valence-electron chi connectivity index (χ3n) is 9.68. The first-order valence-corrected chi connectivity index (χ1v) is 17.2. The van der Waals surface area contributed by atoms with Gasteiger partial charge in [-0.25, -0.2) is 4.39 Å². The van der Waals surface area contributed by atoms with Gasteiger partial charge in [-0.2, -0.15) is 0 Å². The fraction of sp³-hybridized carbons (Fsp3) is 0. The predicted octanol–water partition coefficient (Wildman–Crippen LogP) is 13.4. The van der Waals surface area contributed by atoms with Crippen molar-refractivity contribution in [2.24, 2.45) is 0 Å². The van der Waals surface area contributed by atoms with E-state index in [4.69, 9.17) is 0 Å². The van der Waals surface area contributed by atoms with E-state index < -0.39 is 0 Å². The summed E-state index contributed by atoms with van der Waals surface area (Å²) in [6.07, 6.45) is 0. The lowest BCUT2D eigenvalue weighted by Gasteiger charge is -2.26. The molecule has 0 spiro atoms. The van der Waals surface area contributed by atoms with Gasteiger partial charge in [0.1, 0.15) is 5.82 Å². The van der Waals surface area contributed by atoms with E-state index in [1.54, 1.807) is 0 Å². The number of halogens is 1. The van der Waals surface area contributed by atoms with E-state index in [9.17, 15) is 4.39 Å². The highest BCUT2D eigenvalue weighted by atomic mass is 19.1. The van der Waals surface area contributed by atoms with Crippen LogP contribution in [0, 0.1) is 5.82 Å². The van der Waals surface area contributed by atoms with Gasteiger partial charge in [-0.1, -0.05) is 127 Å². The fourth-order valence-electron chi connectivity index (χ4n) is 7.13. The minimum absolute atomic E-state index is 0.234. The molecule has 0 aliphatic heterocycles. The summed E-state index contributed by atoms with van der Waals surface area (Å²) in [4.78, 5) is 2.28. The zero-order chi connectivity index (χ0) is 34.1. The molecule has 8 aromatic carbocycles. The van der Waals surface area contributed by atoms with E-state index >= 15 is 0 Å². The quantitative estimate of drug-likeness (QED) is 0.166. The average molecular weight is 657 g/mol. The highest BCUT2D eigenvalue weighted by Crippen LogP contribution is 2.39. The van der Waals surface area contributed by atoms with E-state index in [0.717, 1.165) is 45.0 Å². The van der Waals surface area contributed by atoms with Crippen molar-refractivity contribution >= 4 is 38.9 Å². The topological polar surface area (TPSA) is 8.17 Å². The molecular formula is C48H33FN2. The van der Waals surface area contributed by atoms with E-state index in [1.165, 1.54) is 45.1 Å². The van der Waals surface area contributed by atoms with Crippen LogP contribution in [0.3, 0.4) is 0 Å². The molecule has 2 nitrogen and oxygen atoms in total. The van der Waals surface area contributed by atoms with Crippen LogP contribution in [0.15, 0.2) is 200 Å². The molecule has 0 aliphatic carbocycles. The van der Waals surface area contributed by atoms with Crippen LogP contribution in [0.25, 0.3) is 60.9 Å². The Morgan fingerprint density at radius 2 is 0.745 bits per heavy atom. The van der Waals surface area contributed by atoms with Crippen molar-refractivity contribution in [3.8, 4) is 39.1 Å². The Morgan fingerprint density at radius 1 is 0.333 bits per heavy atom. The second-order valence-corrected chi connectivity index (χ2v) is 12.8. The third-order valence-corrected chi connectivity index (χ3v) is 9.68. The Morgan fingerprint density at radius 3 is 1.31 bits per heavy atom. The molecule has 3 heteroatoms. The number of hydrogen-bond acceptors (Lipinski definition) is 1. The van der Waals surface area contributed by atoms with Gasteiger partial charge >= 0.3 is 0 Å². The van der Waals surface area contributed by atoms with Crippen LogP contribution < -0.4 is 4.90 Å². The number of rotatable bonds is 7. The normalized spacial score (nSPS) is 11.2. The summed E-state index contributed by atoms with van der Waals surface area (Å²) in [5.41, 5.74) is 13.4. The lowest BCUT2D eigenvalue weighted by Crippen LogP contribution is -2.09. The molecule has 9 aromatic rings. The van der Waals surface area contributed by atoms with Crippen LogP contribution in [0.4, 0.5) is 21.5 Å². The highest BCUT2D eigenvalue weighted by molar-refractivity contribution is 6.10. The molecule has 0 unspecified atom stereocenters. The summed E-state index contributed by atoms with van der Waals surface area (Å²) in [5, 5.41) is 2.49. The maximum atomic E-state index is 13.6. The van der Waals surface area contributed by atoms with Crippen molar-refractivity contribution in [1.29, 1.82) is 0 Å². The lowest BCUT2D eigenvalue weighted by atomic mass is 10.0. The van der Waals surface area contributed by atoms with Crippen molar-refractivity contribution in [3.05, 3.63) is 206 Å². The average Bonchev–Trinajstić information content (AvgIpc) is 3.53. The van der Waals surface area contributed by atoms with Gasteiger partial charge in [0, 0.05) is 33.5 Å². The summed E-state index contributed by atoms with van der Waals surface area (Å²) in [5.74, 6) is -0.234. The molecule has 0 saturated heterocycles. The molecule has 9 rings (SSSR count). The third kappa shape index (κ3) is 5.75. The van der Waals surface area contributed by atoms with Gasteiger partial charge in [0.25, 0.3) is 0 Å². The molecule has 0 radical (unpaired) electrons. The minimum atomic E-state index is -0.234. The second kappa shape index (κ2) is 13.0. The van der Waals surface area contributed by atoms with Crippen LogP contribution in [0.2, 0.25) is 0 Å². The lowest BCUT2D eigenvalue weighted by molar-refractivity contribution is 0.628. The van der Waals surface area contributed by atoms with Crippen molar-refractivity contribution in [2.45, 2.75) is 0 Å². The SMILES string of the molecule is Fc1ccc(-c2ccc(N(c3ccc(-c4ccccc4)cc3)c3ccc(-c4ccc5c6ccccc6n(-c6ccccc6)c5c4)cc3)cc2)cc1. The Kier molecular flexibility index (Phi) is 7.71. The van der Waals surface area contributed by atoms with Crippen molar-refractivity contribution in [3.63, 3.8) is 0 Å². The van der Waals surface area contributed by atoms with Gasteiger partial charge in [0.2, 0.25) is 0 Å². The molecule has 0 saturated carbocycles. The molecular weight excluding hydrogens is 624 g/mol. The fourth-order valence-corrected chi connectivity index (χ4v) is 7.13. The molecule has 1 aromatic heterocycles. The highest BCUT2D eigenvalue weighted by Gasteiger charge is 2.16. The first-order chi connectivity index (χ1) is 25.2. The van der Waals surface area contributed by atoms with Crippen LogP contribution in [0.5, 0.6) is 0 Å². The molecule has 0 amide bonds. The molecule has 0 bridgehead atoms. The Labute approximate surface area is 296 Å². The number of para-hydroxylation sites is 2. The summed E-state index contributed by atoms with van der Waals surface area (Å²) >= 11 is 0. The Balaban J connectivity index is 1.11. The van der Waals surface area contributed by atoms with Crippen molar-refractivity contribution in [2.75, 3.05) is 4.90 Å². The summed E-state index contributed by atoms with van der Waals surface area (Å²) in [7, 11) is 0. The maximum absolute atomic E-state index is 13.6. The number of aromatic nitrogens is 1. The smallest absolute Gasteiger partial charge is 0.123 e. The van der Waals surface area contributed by atoms with E-state index in [2.05, 4.69) is 179 Å². The summed E-state index contributed by atoms with van der Waals surface area (Å²) in [6, 6.07) is 69.1. The summed E-state index contributed by atoms with van der Waals surface area (Å²) < 4.78 is 16.0. The number of anilines is 3. The van der Waals surface area contributed by atoms with Crippen LogP contribution >= 0.6 is 0 Å². The van der Waals surface area contributed by atoms with E-state index in [-0.39, 0.29) is 5.82 Å². The predicted molar refractivity (Wildman–Crippen MR) is 212 cm³/mol. The Bertz CT molecular complexity index is 2590. The van der Waals surface area contributed by atoms with Gasteiger partial charge in [0.05, 0.1) is 11.0 Å². The number of fused-ring (bicyclic) bond motifs is 3. The molecule has 0 fully saturated rings. The van der Waals surface area contributed by atoms with E-state index in [1.807, 2.05) is 18.2 Å². The van der Waals surface area contributed by atoms with E-state index in [0.29, 0.717) is 0 Å². The van der Waals surface area contributed by atoms with Gasteiger partial charge in [0.15, 0.2) is 0 Å². The standard InChI is InChI=1S/C48H33FN2/c49-40-24-15-35(16-25-40)37-19-28-43(29-20-37)50(42-26-17-36(18-27-42)34-9-3-1-4-10-34)44-30-21-38(22-31-44)39-23-32-46-45-13-7-8-14-47(45)51(48(46)33-39)41-11-5-2-6-12-41/h1-33H. The second-order valence-electron chi connectivity index (χ2n) is 12.8. The van der Waals surface area contributed by atoms with Crippen LogP contribution in [0.1, 0.15) is 0 Å². The van der Waals surface area contributed by atoms with Gasteiger partial charge in [-0.3, -0.25) is 0 Å². The zero-order valence-corrected chi connectivity index (χ0v) is 27.8. The zero-order valence-electron chi connectivity index (χ0n) is 27.8. The maximum Gasteiger partial charge on any atom is 0.123 e. The first-order valence-electron chi connectivity index (χ1n) is 17.2. The van der Waals surface area contributed by atoms with Gasteiger partial charge in [-0.05, 0) is 106 Å². The molecule has 242 valence electrons. The monoisotopic (exact) mass is 656 g/mol. The van der Waals surface area contributed by atoms with Crippen LogP contribution in [-0.2, 0) is 0 Å². The number of benzene rings is 8. The van der Waals surface area contributed by atoms with Gasteiger partial charge < -0.3 is 9.47 Å². The number of nitrogens with zero attached hydrogens (tertiary/aromatic N) is 2. The molecule has 0 atom stereocenters. The molecule has 0 aliphatic rings. The number of hydrogen-bond donors (Lipinski definition) is 0. The minimum Gasteiger partial charge on any atom is -0.311 e. The van der Waals surface area contributed by atoms with Gasteiger partial charge in [-0.15, -0.1) is 0 Å². The largest absolute Gasteiger partial charge is 0.311 e. The van der Waals surface area contributed by atoms with Crippen molar-refractivity contribution < 1.29 is 4.39 Å². The Hall–Kier alpha value is -6.71. The molecule has 1 heterocycles. The van der Waals surface area contributed by atoms with Crippen LogP contribution in [-0.4, -0.2) is 4.57 Å². The molecule has 51 heavy (non-hydrogen) atoms.